The first-order chi connectivity index (χ1) is 16.6. The highest BCUT2D eigenvalue weighted by atomic mass is 16.1. The van der Waals surface area contributed by atoms with Crippen molar-refractivity contribution in [1.29, 1.82) is 5.26 Å². The summed E-state index contributed by atoms with van der Waals surface area (Å²) in [5.41, 5.74) is 2.19. The standard InChI is InChI=1S/C25H20N8O/c1-3-16-9-11-32-20(16)23(34)33(18-7-5-4-6-8-18)24(30-32)25(2)10-12-31(25)22-19-17(13-26)14-27-21(19)28-15-29-22/h3-9,11,14-15H,1,10,12H2,2H3,(H,27,28,29)/t25-/m0/s1. The van der Waals surface area contributed by atoms with E-state index in [4.69, 9.17) is 5.10 Å². The summed E-state index contributed by atoms with van der Waals surface area (Å²) in [5, 5.41) is 15.2. The fraction of sp³-hybridized carbons (Fsp3) is 0.160. The fourth-order valence-corrected chi connectivity index (χ4v) is 4.79. The number of nitriles is 1. The molecule has 34 heavy (non-hydrogen) atoms. The van der Waals surface area contributed by atoms with Crippen molar-refractivity contribution in [3.8, 4) is 11.8 Å². The highest BCUT2D eigenvalue weighted by Crippen LogP contribution is 2.44. The minimum atomic E-state index is -0.646. The van der Waals surface area contributed by atoms with Gasteiger partial charge in [-0.05, 0) is 31.5 Å². The Bertz CT molecular complexity index is 1690. The molecule has 1 aliphatic heterocycles. The monoisotopic (exact) mass is 448 g/mol. The third kappa shape index (κ3) is 2.59. The van der Waals surface area contributed by atoms with E-state index in [2.05, 4.69) is 32.5 Å². The van der Waals surface area contributed by atoms with Crippen LogP contribution >= 0.6 is 0 Å². The molecule has 9 nitrogen and oxygen atoms in total. The largest absolute Gasteiger partial charge is 0.345 e. The van der Waals surface area contributed by atoms with E-state index in [9.17, 15) is 10.1 Å². The lowest BCUT2D eigenvalue weighted by atomic mass is 9.85. The third-order valence-electron chi connectivity index (χ3n) is 6.68. The molecule has 6 rings (SSSR count). The Morgan fingerprint density at radius 3 is 2.76 bits per heavy atom. The molecule has 0 spiro atoms. The Morgan fingerprint density at radius 1 is 1.24 bits per heavy atom. The van der Waals surface area contributed by atoms with Gasteiger partial charge in [0, 0.05) is 24.5 Å². The van der Waals surface area contributed by atoms with Crippen LogP contribution in [0.15, 0.2) is 66.5 Å². The van der Waals surface area contributed by atoms with Crippen LogP contribution in [0.4, 0.5) is 5.82 Å². The summed E-state index contributed by atoms with van der Waals surface area (Å²) in [5.74, 6) is 1.24. The fourth-order valence-electron chi connectivity index (χ4n) is 4.79. The van der Waals surface area contributed by atoms with Crippen molar-refractivity contribution in [2.24, 2.45) is 0 Å². The molecule has 9 heteroatoms. The van der Waals surface area contributed by atoms with Gasteiger partial charge in [0.15, 0.2) is 5.82 Å². The molecular weight excluding hydrogens is 428 g/mol. The number of benzene rings is 1. The summed E-state index contributed by atoms with van der Waals surface area (Å²) in [6.45, 7) is 6.60. The van der Waals surface area contributed by atoms with Crippen LogP contribution < -0.4 is 10.5 Å². The lowest BCUT2D eigenvalue weighted by molar-refractivity contribution is 0.278. The highest BCUT2D eigenvalue weighted by molar-refractivity contribution is 5.93. The van der Waals surface area contributed by atoms with Crippen molar-refractivity contribution in [3.63, 3.8) is 0 Å². The van der Waals surface area contributed by atoms with E-state index in [1.165, 1.54) is 6.33 Å². The molecule has 0 saturated carbocycles. The second kappa shape index (κ2) is 7.15. The van der Waals surface area contributed by atoms with Crippen LogP contribution in [0.2, 0.25) is 0 Å². The average Bonchev–Trinajstić information content (AvgIpc) is 3.48. The molecule has 0 unspecified atom stereocenters. The predicted octanol–water partition coefficient (Wildman–Crippen LogP) is 3.40. The van der Waals surface area contributed by atoms with Crippen LogP contribution in [-0.2, 0) is 5.54 Å². The van der Waals surface area contributed by atoms with Gasteiger partial charge in [0.25, 0.3) is 5.56 Å². The number of H-pyrrole nitrogens is 1. The molecule has 5 heterocycles. The van der Waals surface area contributed by atoms with Crippen LogP contribution in [0.1, 0.15) is 30.3 Å². The number of aromatic amines is 1. The maximum atomic E-state index is 13.9. The normalized spacial score (nSPS) is 17.6. The van der Waals surface area contributed by atoms with E-state index >= 15 is 0 Å². The van der Waals surface area contributed by atoms with Crippen LogP contribution in [-0.4, -0.2) is 35.7 Å². The Balaban J connectivity index is 1.63. The third-order valence-corrected chi connectivity index (χ3v) is 6.68. The second-order valence-electron chi connectivity index (χ2n) is 8.48. The van der Waals surface area contributed by atoms with Crippen molar-refractivity contribution in [2.45, 2.75) is 18.9 Å². The number of fused-ring (bicyclic) bond motifs is 2. The zero-order chi connectivity index (χ0) is 23.4. The molecule has 0 bridgehead atoms. The summed E-state index contributed by atoms with van der Waals surface area (Å²) in [7, 11) is 0. The summed E-state index contributed by atoms with van der Waals surface area (Å²) in [4.78, 5) is 27.8. The molecular formula is C25H20N8O. The van der Waals surface area contributed by atoms with Crippen LogP contribution in [0.25, 0.3) is 28.3 Å². The minimum absolute atomic E-state index is 0.170. The number of anilines is 1. The van der Waals surface area contributed by atoms with Crippen molar-refractivity contribution in [3.05, 3.63) is 89.0 Å². The van der Waals surface area contributed by atoms with E-state index in [0.29, 0.717) is 40.3 Å². The zero-order valence-electron chi connectivity index (χ0n) is 18.4. The maximum Gasteiger partial charge on any atom is 0.283 e. The average molecular weight is 448 g/mol. The molecule has 166 valence electrons. The van der Waals surface area contributed by atoms with E-state index in [-0.39, 0.29) is 5.56 Å². The number of aromatic nitrogens is 6. The first kappa shape index (κ1) is 19.9. The van der Waals surface area contributed by atoms with Gasteiger partial charge in [-0.25, -0.2) is 14.5 Å². The van der Waals surface area contributed by atoms with Crippen LogP contribution in [0, 0.1) is 11.3 Å². The van der Waals surface area contributed by atoms with E-state index in [1.54, 1.807) is 27.6 Å². The molecule has 0 aliphatic carbocycles. The van der Waals surface area contributed by atoms with E-state index < -0.39 is 5.54 Å². The van der Waals surface area contributed by atoms with Gasteiger partial charge in [-0.1, -0.05) is 30.9 Å². The van der Waals surface area contributed by atoms with Crippen molar-refractivity contribution in [2.75, 3.05) is 11.4 Å². The second-order valence-corrected chi connectivity index (χ2v) is 8.48. The smallest absolute Gasteiger partial charge is 0.283 e. The van der Waals surface area contributed by atoms with Gasteiger partial charge in [-0.2, -0.15) is 10.4 Å². The Morgan fingerprint density at radius 2 is 2.06 bits per heavy atom. The number of nitrogens with one attached hydrogen (secondary N) is 1. The Hall–Kier alpha value is -4.71. The number of hydrogen-bond acceptors (Lipinski definition) is 6. The van der Waals surface area contributed by atoms with E-state index in [0.717, 1.165) is 17.7 Å². The molecule has 0 amide bonds. The number of nitrogens with zero attached hydrogens (tertiary/aromatic N) is 7. The predicted molar refractivity (Wildman–Crippen MR) is 129 cm³/mol. The molecule has 1 N–H and O–H groups in total. The molecule has 1 atom stereocenters. The summed E-state index contributed by atoms with van der Waals surface area (Å²) in [6.07, 6.45) is 7.32. The molecule has 4 aromatic heterocycles. The molecule has 0 radical (unpaired) electrons. The number of hydrogen-bond donors (Lipinski definition) is 1. The quantitative estimate of drug-likeness (QED) is 0.452. The first-order valence-corrected chi connectivity index (χ1v) is 10.9. The topological polar surface area (TPSA) is 108 Å². The molecule has 1 aromatic carbocycles. The summed E-state index contributed by atoms with van der Waals surface area (Å²) >= 11 is 0. The molecule has 1 saturated heterocycles. The van der Waals surface area contributed by atoms with Gasteiger partial charge in [-0.3, -0.25) is 9.36 Å². The van der Waals surface area contributed by atoms with Gasteiger partial charge in [0.1, 0.15) is 34.9 Å². The Kier molecular flexibility index (Phi) is 4.19. The first-order valence-electron chi connectivity index (χ1n) is 10.9. The van der Waals surface area contributed by atoms with Crippen molar-refractivity contribution < 1.29 is 0 Å². The zero-order valence-corrected chi connectivity index (χ0v) is 18.4. The number of para-hydroxylation sites is 1. The molecule has 5 aromatic rings. The van der Waals surface area contributed by atoms with Crippen LogP contribution in [0.5, 0.6) is 0 Å². The van der Waals surface area contributed by atoms with Gasteiger partial charge in [-0.15, -0.1) is 0 Å². The summed E-state index contributed by atoms with van der Waals surface area (Å²) in [6, 6.07) is 13.6. The van der Waals surface area contributed by atoms with Gasteiger partial charge in [0.05, 0.1) is 16.6 Å². The lowest BCUT2D eigenvalue weighted by Gasteiger charge is -2.51. The SMILES string of the molecule is C=Cc1ccn2nc([C@]3(C)CCN3c3ncnc4[nH]cc(C#N)c34)n(-c3ccccc3)c(=O)c12. The van der Waals surface area contributed by atoms with Gasteiger partial charge < -0.3 is 9.88 Å². The van der Waals surface area contributed by atoms with Crippen molar-refractivity contribution in [1.82, 2.24) is 29.1 Å². The minimum Gasteiger partial charge on any atom is -0.345 e. The number of rotatable bonds is 4. The Labute approximate surface area is 194 Å². The van der Waals surface area contributed by atoms with Gasteiger partial charge >= 0.3 is 0 Å². The lowest BCUT2D eigenvalue weighted by Crippen LogP contribution is -2.58. The molecule has 1 fully saturated rings. The van der Waals surface area contributed by atoms with Gasteiger partial charge in [0.2, 0.25) is 0 Å². The van der Waals surface area contributed by atoms with E-state index in [1.807, 2.05) is 43.3 Å². The highest BCUT2D eigenvalue weighted by Gasteiger charge is 2.48. The van der Waals surface area contributed by atoms with Crippen LogP contribution in [0.3, 0.4) is 0 Å². The summed E-state index contributed by atoms with van der Waals surface area (Å²) < 4.78 is 3.30. The van der Waals surface area contributed by atoms with Crippen molar-refractivity contribution >= 4 is 28.4 Å². The maximum absolute atomic E-state index is 13.9. The molecule has 1 aliphatic rings.